The summed E-state index contributed by atoms with van der Waals surface area (Å²) in [6, 6.07) is 4.02. The number of morpholine rings is 1. The second-order valence-corrected chi connectivity index (χ2v) is 9.15. The highest BCUT2D eigenvalue weighted by atomic mass is 19.1. The monoisotopic (exact) mass is 488 g/mol. The smallest absolute Gasteiger partial charge is 0.329 e. The maximum absolute atomic E-state index is 14.3. The number of carbonyl (C=O) groups excluding carboxylic acids is 1. The lowest BCUT2D eigenvalue weighted by atomic mass is 9.87. The van der Waals surface area contributed by atoms with Gasteiger partial charge in [0, 0.05) is 17.7 Å². The van der Waals surface area contributed by atoms with Gasteiger partial charge in [0.25, 0.3) is 5.56 Å². The average Bonchev–Trinajstić information content (AvgIpc) is 3.10. The van der Waals surface area contributed by atoms with Crippen molar-refractivity contribution in [1.82, 2.24) is 20.2 Å². The molecule has 184 valence electrons. The van der Waals surface area contributed by atoms with E-state index in [1.807, 2.05) is 0 Å². The van der Waals surface area contributed by atoms with Gasteiger partial charge in [0.2, 0.25) is 5.91 Å². The van der Waals surface area contributed by atoms with Crippen LogP contribution in [0.4, 0.5) is 13.2 Å². The first-order chi connectivity index (χ1) is 16.7. The van der Waals surface area contributed by atoms with Crippen LogP contribution in [0.25, 0.3) is 10.9 Å². The summed E-state index contributed by atoms with van der Waals surface area (Å²) in [6.07, 6.45) is 1.09. The Bertz CT molecular complexity index is 1430. The highest BCUT2D eigenvalue weighted by Gasteiger charge is 2.52. The molecule has 11 heteroatoms. The summed E-state index contributed by atoms with van der Waals surface area (Å²) < 4.78 is 48.1. The topological polar surface area (TPSA) is 105 Å². The van der Waals surface area contributed by atoms with Gasteiger partial charge < -0.3 is 20.4 Å². The minimum Gasteiger partial charge on any atom is -0.378 e. The van der Waals surface area contributed by atoms with E-state index < -0.39 is 52.2 Å². The highest BCUT2D eigenvalue weighted by Crippen LogP contribution is 2.37. The van der Waals surface area contributed by atoms with Crippen LogP contribution in [0.3, 0.4) is 0 Å². The predicted molar refractivity (Wildman–Crippen MR) is 120 cm³/mol. The van der Waals surface area contributed by atoms with Crippen LogP contribution in [-0.2, 0) is 9.53 Å². The molecule has 4 atom stereocenters. The van der Waals surface area contributed by atoms with Gasteiger partial charge in [-0.25, -0.2) is 22.5 Å². The number of rotatable bonds is 5. The molecule has 0 aliphatic carbocycles. The minimum absolute atomic E-state index is 0.0370. The lowest BCUT2D eigenvalue weighted by Crippen LogP contribution is -2.64. The molecule has 1 aromatic heterocycles. The van der Waals surface area contributed by atoms with E-state index in [2.05, 4.69) is 15.6 Å². The maximum Gasteiger partial charge on any atom is 0.329 e. The zero-order valence-electron chi connectivity index (χ0n) is 18.7. The van der Waals surface area contributed by atoms with Crippen molar-refractivity contribution in [3.8, 4) is 0 Å². The SMILES string of the molecule is C[C@@H](NC(=O)[C@@H](n1c(=O)[nH]c2ccc(F)cc2c1=O)[C@]12CC[C@H](COC1)N2)c1ccc(F)cc1F. The van der Waals surface area contributed by atoms with Crippen LogP contribution in [-0.4, -0.2) is 40.3 Å². The highest BCUT2D eigenvalue weighted by molar-refractivity contribution is 5.83. The van der Waals surface area contributed by atoms with Crippen LogP contribution in [0, 0.1) is 17.5 Å². The first kappa shape index (κ1) is 23.3. The van der Waals surface area contributed by atoms with Crippen LogP contribution in [0.5, 0.6) is 0 Å². The largest absolute Gasteiger partial charge is 0.378 e. The Kier molecular flexibility index (Phi) is 5.76. The molecule has 3 heterocycles. The number of nitrogens with one attached hydrogen (secondary N) is 3. The summed E-state index contributed by atoms with van der Waals surface area (Å²) >= 11 is 0. The van der Waals surface area contributed by atoms with Gasteiger partial charge in [0.1, 0.15) is 23.5 Å². The van der Waals surface area contributed by atoms with E-state index in [0.29, 0.717) is 25.5 Å². The number of benzene rings is 2. The van der Waals surface area contributed by atoms with Gasteiger partial charge >= 0.3 is 5.69 Å². The molecule has 0 saturated carbocycles. The Morgan fingerprint density at radius 3 is 2.69 bits per heavy atom. The van der Waals surface area contributed by atoms with Crippen molar-refractivity contribution in [2.45, 2.75) is 43.4 Å². The third-order valence-electron chi connectivity index (χ3n) is 6.82. The van der Waals surface area contributed by atoms with Crippen molar-refractivity contribution < 1.29 is 22.7 Å². The summed E-state index contributed by atoms with van der Waals surface area (Å²) in [7, 11) is 0. The number of carbonyl (C=O) groups is 1. The fourth-order valence-corrected chi connectivity index (χ4v) is 5.17. The third-order valence-corrected chi connectivity index (χ3v) is 6.82. The Balaban J connectivity index is 1.62. The van der Waals surface area contributed by atoms with E-state index in [9.17, 15) is 27.6 Å². The number of aromatic nitrogens is 2. The minimum atomic E-state index is -1.39. The number of hydrogen-bond acceptors (Lipinski definition) is 5. The molecule has 3 N–H and O–H groups in total. The molecule has 0 spiro atoms. The average molecular weight is 488 g/mol. The molecule has 2 aliphatic rings. The Labute approximate surface area is 197 Å². The van der Waals surface area contributed by atoms with Crippen LogP contribution in [0.1, 0.15) is 37.4 Å². The molecule has 2 aliphatic heterocycles. The van der Waals surface area contributed by atoms with Gasteiger partial charge in [-0.2, -0.15) is 0 Å². The van der Waals surface area contributed by atoms with E-state index in [-0.39, 0.29) is 29.1 Å². The van der Waals surface area contributed by atoms with E-state index in [0.717, 1.165) is 22.8 Å². The van der Waals surface area contributed by atoms with Crippen molar-refractivity contribution in [2.75, 3.05) is 13.2 Å². The van der Waals surface area contributed by atoms with E-state index in [1.165, 1.54) is 19.1 Å². The molecule has 2 fully saturated rings. The van der Waals surface area contributed by atoms with Crippen LogP contribution >= 0.6 is 0 Å². The summed E-state index contributed by atoms with van der Waals surface area (Å²) in [6.45, 7) is 1.98. The van der Waals surface area contributed by atoms with Gasteiger partial charge in [-0.15, -0.1) is 0 Å². The lowest BCUT2D eigenvalue weighted by Gasteiger charge is -2.40. The number of hydrogen-bond donors (Lipinski definition) is 3. The molecule has 0 unspecified atom stereocenters. The molecular weight excluding hydrogens is 465 g/mol. The fourth-order valence-electron chi connectivity index (χ4n) is 5.17. The zero-order valence-corrected chi connectivity index (χ0v) is 18.7. The van der Waals surface area contributed by atoms with Crippen LogP contribution in [0.2, 0.25) is 0 Å². The van der Waals surface area contributed by atoms with Crippen molar-refractivity contribution in [3.05, 3.63) is 80.3 Å². The van der Waals surface area contributed by atoms with E-state index in [4.69, 9.17) is 4.74 Å². The molecule has 3 aromatic rings. The number of ether oxygens (including phenoxy) is 1. The first-order valence-corrected chi connectivity index (χ1v) is 11.2. The molecule has 1 amide bonds. The number of aromatic amines is 1. The van der Waals surface area contributed by atoms with Gasteiger partial charge in [-0.3, -0.25) is 9.59 Å². The molecule has 5 rings (SSSR count). The molecular formula is C24H23F3N4O4. The molecule has 35 heavy (non-hydrogen) atoms. The zero-order chi connectivity index (χ0) is 24.9. The van der Waals surface area contributed by atoms with Gasteiger partial charge in [0.05, 0.1) is 35.7 Å². The van der Waals surface area contributed by atoms with Crippen molar-refractivity contribution in [3.63, 3.8) is 0 Å². The van der Waals surface area contributed by atoms with Crippen molar-refractivity contribution in [1.29, 1.82) is 0 Å². The normalized spacial score (nSPS) is 23.3. The van der Waals surface area contributed by atoms with Crippen LogP contribution in [0.15, 0.2) is 46.0 Å². The van der Waals surface area contributed by atoms with Gasteiger partial charge in [-0.05, 0) is 44.0 Å². The summed E-state index contributed by atoms with van der Waals surface area (Å²) in [5.74, 6) is -3.01. The summed E-state index contributed by atoms with van der Waals surface area (Å²) in [5, 5.41) is 5.90. The molecule has 8 nitrogen and oxygen atoms in total. The Hall–Kier alpha value is -3.44. The number of halogens is 3. The maximum atomic E-state index is 14.3. The molecule has 2 saturated heterocycles. The third kappa shape index (κ3) is 4.04. The summed E-state index contributed by atoms with van der Waals surface area (Å²) in [5.41, 5.74) is -2.61. The number of nitrogens with zero attached hydrogens (tertiary/aromatic N) is 1. The standard InChI is InChI=1S/C24H23F3N4O4/c1-12(16-4-2-14(26)9-18(16)27)28-21(32)20(24-7-6-15(30-24)10-35-11-24)31-22(33)17-8-13(25)3-5-19(17)29-23(31)34/h2-5,8-9,12,15,20,30H,6-7,10-11H2,1H3,(H,28,32)(H,29,34)/t12-,15-,20-,24+/m1/s1. The summed E-state index contributed by atoms with van der Waals surface area (Å²) in [4.78, 5) is 42.8. The van der Waals surface area contributed by atoms with Crippen molar-refractivity contribution in [2.24, 2.45) is 0 Å². The quantitative estimate of drug-likeness (QED) is 0.510. The predicted octanol–water partition coefficient (Wildman–Crippen LogP) is 2.05. The second-order valence-electron chi connectivity index (χ2n) is 9.15. The second kappa shape index (κ2) is 8.65. The van der Waals surface area contributed by atoms with Crippen molar-refractivity contribution >= 4 is 16.8 Å². The molecule has 2 aromatic carbocycles. The number of H-pyrrole nitrogens is 1. The Morgan fingerprint density at radius 1 is 1.17 bits per heavy atom. The molecule has 2 bridgehead atoms. The Morgan fingerprint density at radius 2 is 1.91 bits per heavy atom. The van der Waals surface area contributed by atoms with E-state index >= 15 is 0 Å². The lowest BCUT2D eigenvalue weighted by molar-refractivity contribution is -0.130. The first-order valence-electron chi connectivity index (χ1n) is 11.2. The number of amides is 1. The van der Waals surface area contributed by atoms with Crippen LogP contribution < -0.4 is 21.9 Å². The van der Waals surface area contributed by atoms with E-state index in [1.54, 1.807) is 0 Å². The van der Waals surface area contributed by atoms with Gasteiger partial charge in [0.15, 0.2) is 0 Å². The van der Waals surface area contributed by atoms with Gasteiger partial charge in [-0.1, -0.05) is 6.07 Å². The fraction of sp³-hybridized carbons (Fsp3) is 0.375. The molecule has 0 radical (unpaired) electrons. The number of fused-ring (bicyclic) bond motifs is 3.